The molecule has 0 radical (unpaired) electrons. The van der Waals surface area contributed by atoms with Crippen LogP contribution in [0.4, 0.5) is 0 Å². The van der Waals surface area contributed by atoms with Crippen LogP contribution < -0.4 is 4.74 Å². The van der Waals surface area contributed by atoms with E-state index in [0.29, 0.717) is 32.0 Å². The van der Waals surface area contributed by atoms with Crippen molar-refractivity contribution in [2.45, 2.75) is 97.4 Å². The summed E-state index contributed by atoms with van der Waals surface area (Å²) in [6.07, 6.45) is 9.33. The average Bonchev–Trinajstić information content (AvgIpc) is 2.97. The summed E-state index contributed by atoms with van der Waals surface area (Å²) in [5, 5.41) is 0. The van der Waals surface area contributed by atoms with Crippen molar-refractivity contribution in [3.8, 4) is 5.75 Å². The summed E-state index contributed by atoms with van der Waals surface area (Å²) in [5.41, 5.74) is 4.03. The van der Waals surface area contributed by atoms with Crippen LogP contribution in [-0.4, -0.2) is 31.3 Å². The topological polar surface area (TPSA) is 71.1 Å². The van der Waals surface area contributed by atoms with Gasteiger partial charge in [0.25, 0.3) is 0 Å². The van der Waals surface area contributed by atoms with Crippen LogP contribution in [0.15, 0.2) is 60.7 Å². The molecule has 0 amide bonds. The first-order chi connectivity index (χ1) is 19.4. The van der Waals surface area contributed by atoms with E-state index in [0.717, 1.165) is 81.1 Å². The minimum atomic E-state index is -0.339. The highest BCUT2D eigenvalue weighted by atomic mass is 16.5. The van der Waals surface area contributed by atoms with E-state index in [4.69, 9.17) is 18.9 Å². The summed E-state index contributed by atoms with van der Waals surface area (Å²) in [6, 6.07) is 16.7. The molecule has 6 nitrogen and oxygen atoms in total. The summed E-state index contributed by atoms with van der Waals surface area (Å²) in [4.78, 5) is 23.8. The minimum absolute atomic E-state index is 0.0245. The van der Waals surface area contributed by atoms with Crippen molar-refractivity contribution in [3.05, 3.63) is 77.4 Å². The lowest BCUT2D eigenvalue weighted by Crippen LogP contribution is -2.27. The molecule has 0 bridgehead atoms. The van der Waals surface area contributed by atoms with Gasteiger partial charge >= 0.3 is 11.9 Å². The smallest absolute Gasteiger partial charge is 0.333 e. The zero-order valence-corrected chi connectivity index (χ0v) is 24.3. The predicted molar refractivity (Wildman–Crippen MR) is 157 cm³/mol. The highest BCUT2D eigenvalue weighted by molar-refractivity contribution is 5.86. The molecule has 0 saturated heterocycles. The first-order valence-electron chi connectivity index (χ1n) is 14.8. The van der Waals surface area contributed by atoms with E-state index in [1.165, 1.54) is 5.56 Å². The first-order valence-corrected chi connectivity index (χ1v) is 14.8. The Morgan fingerprint density at radius 2 is 1.35 bits per heavy atom. The number of aryl methyl sites for hydroxylation is 1. The Labute approximate surface area is 240 Å². The summed E-state index contributed by atoms with van der Waals surface area (Å²) < 4.78 is 22.7. The van der Waals surface area contributed by atoms with Crippen molar-refractivity contribution in [2.24, 2.45) is 5.92 Å². The van der Waals surface area contributed by atoms with Crippen molar-refractivity contribution >= 4 is 11.9 Å². The number of benzene rings is 2. The molecule has 0 N–H and O–H groups in total. The molecule has 0 aliphatic heterocycles. The third-order valence-corrected chi connectivity index (χ3v) is 7.25. The normalized spacial score (nSPS) is 16.8. The Morgan fingerprint density at radius 3 is 1.95 bits per heavy atom. The zero-order valence-electron chi connectivity index (χ0n) is 24.3. The quantitative estimate of drug-likeness (QED) is 0.115. The second kappa shape index (κ2) is 17.5. The summed E-state index contributed by atoms with van der Waals surface area (Å²) in [5.74, 6) is 0.448. The molecule has 0 unspecified atom stereocenters. The summed E-state index contributed by atoms with van der Waals surface area (Å²) in [7, 11) is 0. The van der Waals surface area contributed by atoms with Gasteiger partial charge in [-0.05, 0) is 93.5 Å². The molecule has 0 aromatic heterocycles. The van der Waals surface area contributed by atoms with Gasteiger partial charge in [-0.15, -0.1) is 0 Å². The third kappa shape index (κ3) is 11.5. The van der Waals surface area contributed by atoms with Crippen LogP contribution in [0, 0.1) is 5.92 Å². The number of ether oxygens (including phenoxy) is 4. The number of carbonyl (C=O) groups excluding carboxylic acids is 2. The van der Waals surface area contributed by atoms with Crippen LogP contribution in [0.1, 0.15) is 88.3 Å². The number of carbonyl (C=O) groups is 2. The molecule has 0 heterocycles. The van der Waals surface area contributed by atoms with Crippen LogP contribution in [0.25, 0.3) is 0 Å². The predicted octanol–water partition coefficient (Wildman–Crippen LogP) is 7.52. The van der Waals surface area contributed by atoms with E-state index in [1.807, 2.05) is 12.1 Å². The molecule has 40 heavy (non-hydrogen) atoms. The maximum Gasteiger partial charge on any atom is 0.333 e. The maximum atomic E-state index is 12.4. The van der Waals surface area contributed by atoms with Gasteiger partial charge in [0.15, 0.2) is 0 Å². The van der Waals surface area contributed by atoms with Gasteiger partial charge in [-0.2, -0.15) is 0 Å². The van der Waals surface area contributed by atoms with Crippen molar-refractivity contribution in [3.63, 3.8) is 0 Å². The fraction of sp³-hybridized carbons (Fsp3) is 0.529. The standard InChI is InChI=1S/C34H46O6/c1-4-9-27-14-18-31(19-15-27)39-24-28-10-12-29(13-11-28)25-40-32-20-16-30(17-21-32)34(36)38-23-8-6-5-7-22-37-33(35)26(2)3/h10-15,18-19,30,32H,2,4-9,16-17,20-25H2,1,3H3. The Bertz CT molecular complexity index is 1040. The highest BCUT2D eigenvalue weighted by Crippen LogP contribution is 2.28. The summed E-state index contributed by atoms with van der Waals surface area (Å²) >= 11 is 0. The largest absolute Gasteiger partial charge is 0.489 e. The second-order valence-electron chi connectivity index (χ2n) is 10.8. The van der Waals surface area contributed by atoms with Gasteiger partial charge in [0, 0.05) is 5.57 Å². The molecule has 218 valence electrons. The van der Waals surface area contributed by atoms with Gasteiger partial charge in [0.2, 0.25) is 0 Å². The zero-order chi connectivity index (χ0) is 28.6. The van der Waals surface area contributed by atoms with Crippen LogP contribution in [0.2, 0.25) is 0 Å². The van der Waals surface area contributed by atoms with E-state index in [9.17, 15) is 9.59 Å². The Balaban J connectivity index is 1.23. The second-order valence-corrected chi connectivity index (χ2v) is 10.8. The molecule has 0 atom stereocenters. The molecule has 1 fully saturated rings. The number of esters is 2. The van der Waals surface area contributed by atoms with E-state index in [1.54, 1.807) is 6.92 Å². The van der Waals surface area contributed by atoms with Crippen LogP contribution >= 0.6 is 0 Å². The van der Waals surface area contributed by atoms with Gasteiger partial charge in [0.05, 0.1) is 31.8 Å². The van der Waals surface area contributed by atoms with Crippen molar-refractivity contribution in [1.29, 1.82) is 0 Å². The van der Waals surface area contributed by atoms with E-state index in [2.05, 4.69) is 49.9 Å². The van der Waals surface area contributed by atoms with Gasteiger partial charge in [-0.25, -0.2) is 4.79 Å². The van der Waals surface area contributed by atoms with Crippen molar-refractivity contribution in [2.75, 3.05) is 13.2 Å². The van der Waals surface area contributed by atoms with E-state index >= 15 is 0 Å². The first kappa shape index (κ1) is 31.4. The fourth-order valence-electron chi connectivity index (χ4n) is 4.76. The molecule has 6 heteroatoms. The molecule has 1 aliphatic rings. The average molecular weight is 551 g/mol. The molecule has 1 saturated carbocycles. The number of hydrogen-bond acceptors (Lipinski definition) is 6. The van der Waals surface area contributed by atoms with E-state index in [-0.39, 0.29) is 24.0 Å². The number of hydrogen-bond donors (Lipinski definition) is 0. The lowest BCUT2D eigenvalue weighted by Gasteiger charge is -2.27. The van der Waals surface area contributed by atoms with Crippen molar-refractivity contribution < 1.29 is 28.5 Å². The Hall–Kier alpha value is -3.12. The van der Waals surface area contributed by atoms with E-state index < -0.39 is 0 Å². The Kier molecular flexibility index (Phi) is 13.8. The SMILES string of the molecule is C=C(C)C(=O)OCCCCCCOC(=O)C1CCC(OCc2ccc(COc3ccc(CCC)cc3)cc2)CC1. The third-order valence-electron chi connectivity index (χ3n) is 7.25. The molecular formula is C34H46O6. The minimum Gasteiger partial charge on any atom is -0.489 e. The molecule has 1 aliphatic carbocycles. The molecular weight excluding hydrogens is 504 g/mol. The van der Waals surface area contributed by atoms with Crippen LogP contribution in [0.5, 0.6) is 5.75 Å². The van der Waals surface area contributed by atoms with Gasteiger partial charge in [-0.3, -0.25) is 4.79 Å². The van der Waals surface area contributed by atoms with Crippen LogP contribution in [0.3, 0.4) is 0 Å². The number of rotatable bonds is 17. The Morgan fingerprint density at radius 1 is 0.775 bits per heavy atom. The highest BCUT2D eigenvalue weighted by Gasteiger charge is 2.27. The van der Waals surface area contributed by atoms with Gasteiger partial charge in [-0.1, -0.05) is 56.3 Å². The van der Waals surface area contributed by atoms with Crippen LogP contribution in [-0.2, 0) is 43.4 Å². The monoisotopic (exact) mass is 550 g/mol. The summed E-state index contributed by atoms with van der Waals surface area (Å²) in [6.45, 7) is 9.37. The van der Waals surface area contributed by atoms with Gasteiger partial charge in [0.1, 0.15) is 12.4 Å². The number of unbranched alkanes of at least 4 members (excludes halogenated alkanes) is 3. The lowest BCUT2D eigenvalue weighted by atomic mass is 9.87. The van der Waals surface area contributed by atoms with Crippen molar-refractivity contribution in [1.82, 2.24) is 0 Å². The molecule has 3 rings (SSSR count). The fourth-order valence-corrected chi connectivity index (χ4v) is 4.76. The molecule has 2 aromatic carbocycles. The lowest BCUT2D eigenvalue weighted by molar-refractivity contribution is -0.151. The maximum absolute atomic E-state index is 12.4. The molecule has 0 spiro atoms. The van der Waals surface area contributed by atoms with Gasteiger partial charge < -0.3 is 18.9 Å². The molecule has 2 aromatic rings.